The Morgan fingerprint density at radius 2 is 1.95 bits per heavy atom. The summed E-state index contributed by atoms with van der Waals surface area (Å²) in [5.74, 6) is 2.40. The predicted molar refractivity (Wildman–Crippen MR) is 81.0 cm³/mol. The second-order valence-electron chi connectivity index (χ2n) is 6.09. The highest BCUT2D eigenvalue weighted by atomic mass is 35.5. The summed E-state index contributed by atoms with van der Waals surface area (Å²) in [6.45, 7) is 4.41. The van der Waals surface area contributed by atoms with Crippen molar-refractivity contribution in [2.45, 2.75) is 68.6 Å². The molecule has 19 heavy (non-hydrogen) atoms. The standard InChI is InChI=1S/C15H21ClN2S/c1-9-4-3-5-12(8-9)19-15-10(2)13(16)17-14(18-15)11-6-7-11/h9,11-12H,3-8H2,1-2H3. The van der Waals surface area contributed by atoms with Gasteiger partial charge in [-0.15, -0.1) is 11.8 Å². The van der Waals surface area contributed by atoms with E-state index in [-0.39, 0.29) is 0 Å². The van der Waals surface area contributed by atoms with Gasteiger partial charge in [0.25, 0.3) is 0 Å². The quantitative estimate of drug-likeness (QED) is 0.735. The molecule has 2 saturated carbocycles. The van der Waals surface area contributed by atoms with E-state index in [1.54, 1.807) is 0 Å². The molecule has 2 fully saturated rings. The normalized spacial score (nSPS) is 27.5. The highest BCUT2D eigenvalue weighted by molar-refractivity contribution is 7.99. The van der Waals surface area contributed by atoms with E-state index in [1.807, 2.05) is 18.7 Å². The van der Waals surface area contributed by atoms with Gasteiger partial charge in [0.2, 0.25) is 0 Å². The minimum absolute atomic E-state index is 0.572. The van der Waals surface area contributed by atoms with Crippen LogP contribution in [0, 0.1) is 12.8 Å². The maximum absolute atomic E-state index is 6.27. The number of hydrogen-bond acceptors (Lipinski definition) is 3. The lowest BCUT2D eigenvalue weighted by Crippen LogP contribution is -2.15. The molecule has 2 nitrogen and oxygen atoms in total. The molecule has 0 aromatic carbocycles. The van der Waals surface area contributed by atoms with Crippen LogP contribution in [-0.2, 0) is 0 Å². The van der Waals surface area contributed by atoms with Crippen LogP contribution in [0.5, 0.6) is 0 Å². The molecule has 0 aliphatic heterocycles. The number of thioether (sulfide) groups is 1. The van der Waals surface area contributed by atoms with Crippen molar-refractivity contribution in [3.05, 3.63) is 16.5 Å². The largest absolute Gasteiger partial charge is 0.226 e. The molecule has 0 radical (unpaired) electrons. The fraction of sp³-hybridized carbons (Fsp3) is 0.733. The Morgan fingerprint density at radius 3 is 2.63 bits per heavy atom. The van der Waals surface area contributed by atoms with Gasteiger partial charge in [0.05, 0.1) is 0 Å². The van der Waals surface area contributed by atoms with Gasteiger partial charge in [0, 0.05) is 16.7 Å². The van der Waals surface area contributed by atoms with Gasteiger partial charge in [-0.05, 0) is 38.5 Å². The maximum Gasteiger partial charge on any atom is 0.136 e. The van der Waals surface area contributed by atoms with Crippen molar-refractivity contribution in [2.75, 3.05) is 0 Å². The molecule has 0 bridgehead atoms. The molecular formula is C15H21ClN2S. The molecule has 3 rings (SSSR count). The molecule has 0 saturated heterocycles. The number of nitrogens with zero attached hydrogens (tertiary/aromatic N) is 2. The van der Waals surface area contributed by atoms with Crippen LogP contribution in [0.15, 0.2) is 5.03 Å². The highest BCUT2D eigenvalue weighted by Crippen LogP contribution is 2.42. The first-order valence-electron chi connectivity index (χ1n) is 7.34. The zero-order valence-electron chi connectivity index (χ0n) is 11.7. The summed E-state index contributed by atoms with van der Waals surface area (Å²) in [4.78, 5) is 9.23. The molecule has 104 valence electrons. The smallest absolute Gasteiger partial charge is 0.136 e. The monoisotopic (exact) mass is 296 g/mol. The number of halogens is 1. The minimum Gasteiger partial charge on any atom is -0.226 e. The van der Waals surface area contributed by atoms with Gasteiger partial charge in [-0.3, -0.25) is 0 Å². The van der Waals surface area contributed by atoms with Gasteiger partial charge in [-0.2, -0.15) is 0 Å². The van der Waals surface area contributed by atoms with E-state index < -0.39 is 0 Å². The zero-order valence-corrected chi connectivity index (χ0v) is 13.2. The molecule has 2 unspecified atom stereocenters. The third kappa shape index (κ3) is 3.25. The van der Waals surface area contributed by atoms with Gasteiger partial charge in [0.15, 0.2) is 0 Å². The second-order valence-corrected chi connectivity index (χ2v) is 7.74. The van der Waals surface area contributed by atoms with E-state index in [0.717, 1.165) is 22.3 Å². The van der Waals surface area contributed by atoms with E-state index >= 15 is 0 Å². The average molecular weight is 297 g/mol. The Bertz CT molecular complexity index is 473. The topological polar surface area (TPSA) is 25.8 Å². The lowest BCUT2D eigenvalue weighted by molar-refractivity contribution is 0.394. The molecule has 1 aromatic rings. The summed E-state index contributed by atoms with van der Waals surface area (Å²) in [5, 5.41) is 2.49. The molecule has 2 aliphatic carbocycles. The summed E-state index contributed by atoms with van der Waals surface area (Å²) in [6, 6.07) is 0. The maximum atomic E-state index is 6.27. The van der Waals surface area contributed by atoms with Gasteiger partial charge < -0.3 is 0 Å². The van der Waals surface area contributed by atoms with Crippen molar-refractivity contribution in [2.24, 2.45) is 5.92 Å². The van der Waals surface area contributed by atoms with Gasteiger partial charge in [0.1, 0.15) is 16.0 Å². The highest BCUT2D eigenvalue weighted by Gasteiger charge is 2.29. The van der Waals surface area contributed by atoms with Crippen LogP contribution >= 0.6 is 23.4 Å². The minimum atomic E-state index is 0.572. The van der Waals surface area contributed by atoms with E-state index in [1.165, 1.54) is 38.5 Å². The molecule has 2 aliphatic rings. The number of hydrogen-bond donors (Lipinski definition) is 0. The van der Waals surface area contributed by atoms with Gasteiger partial charge in [-0.1, -0.05) is 31.4 Å². The summed E-state index contributed by atoms with van der Waals surface area (Å²) in [7, 11) is 0. The first kappa shape index (κ1) is 13.7. The Hall–Kier alpha value is -0.280. The summed E-state index contributed by atoms with van der Waals surface area (Å²) >= 11 is 8.21. The van der Waals surface area contributed by atoms with Crippen LogP contribution < -0.4 is 0 Å². The summed E-state index contributed by atoms with van der Waals surface area (Å²) < 4.78 is 0. The van der Waals surface area contributed by atoms with Crippen LogP contribution in [0.3, 0.4) is 0 Å². The lowest BCUT2D eigenvalue weighted by Gasteiger charge is -2.26. The molecular weight excluding hydrogens is 276 g/mol. The summed E-state index contributed by atoms with van der Waals surface area (Å²) in [5.41, 5.74) is 1.06. The fourth-order valence-electron chi connectivity index (χ4n) is 2.77. The van der Waals surface area contributed by atoms with Crippen molar-refractivity contribution in [1.29, 1.82) is 0 Å². The van der Waals surface area contributed by atoms with Crippen LogP contribution in [0.25, 0.3) is 0 Å². The first-order valence-corrected chi connectivity index (χ1v) is 8.60. The third-order valence-corrected chi connectivity index (χ3v) is 5.92. The van der Waals surface area contributed by atoms with Crippen LogP contribution in [0.4, 0.5) is 0 Å². The first-order chi connectivity index (χ1) is 9.13. The molecule has 4 heteroatoms. The SMILES string of the molecule is Cc1c(Cl)nc(C2CC2)nc1SC1CCCC(C)C1. The fourth-order valence-corrected chi connectivity index (χ4v) is 4.44. The van der Waals surface area contributed by atoms with Crippen molar-refractivity contribution in [3.63, 3.8) is 0 Å². The molecule has 0 spiro atoms. The van der Waals surface area contributed by atoms with E-state index in [4.69, 9.17) is 16.6 Å². The molecule has 0 amide bonds. The van der Waals surface area contributed by atoms with Crippen LogP contribution in [-0.4, -0.2) is 15.2 Å². The van der Waals surface area contributed by atoms with E-state index in [2.05, 4.69) is 11.9 Å². The summed E-state index contributed by atoms with van der Waals surface area (Å²) in [6.07, 6.45) is 7.81. The number of aromatic nitrogens is 2. The molecule has 0 N–H and O–H groups in total. The average Bonchev–Trinajstić information content (AvgIpc) is 3.19. The Labute approximate surface area is 124 Å². The van der Waals surface area contributed by atoms with Crippen LogP contribution in [0.1, 0.15) is 62.8 Å². The molecule has 1 heterocycles. The van der Waals surface area contributed by atoms with E-state index in [0.29, 0.717) is 16.3 Å². The van der Waals surface area contributed by atoms with Crippen molar-refractivity contribution < 1.29 is 0 Å². The Morgan fingerprint density at radius 1 is 1.16 bits per heavy atom. The van der Waals surface area contributed by atoms with Crippen molar-refractivity contribution in [1.82, 2.24) is 9.97 Å². The third-order valence-electron chi connectivity index (χ3n) is 4.17. The Kier molecular flexibility index (Phi) is 4.04. The van der Waals surface area contributed by atoms with Crippen molar-refractivity contribution in [3.8, 4) is 0 Å². The second kappa shape index (κ2) is 5.61. The van der Waals surface area contributed by atoms with Gasteiger partial charge >= 0.3 is 0 Å². The predicted octanol–water partition coefficient (Wildman–Crippen LogP) is 4.99. The lowest BCUT2D eigenvalue weighted by atomic mass is 9.91. The molecule has 1 aromatic heterocycles. The van der Waals surface area contributed by atoms with Gasteiger partial charge in [-0.25, -0.2) is 9.97 Å². The number of rotatable bonds is 3. The van der Waals surface area contributed by atoms with Crippen molar-refractivity contribution >= 4 is 23.4 Å². The Balaban J connectivity index is 1.78. The zero-order chi connectivity index (χ0) is 13.4. The van der Waals surface area contributed by atoms with E-state index in [9.17, 15) is 0 Å². The molecule has 2 atom stereocenters. The van der Waals surface area contributed by atoms with Crippen LogP contribution in [0.2, 0.25) is 5.15 Å².